The molecule has 0 amide bonds. The van der Waals surface area contributed by atoms with Gasteiger partial charge in [-0.25, -0.2) is 0 Å². The maximum Gasteiger partial charge on any atom is 0.0606 e. The molecule has 0 aliphatic rings. The third kappa shape index (κ3) is 3.48. The first kappa shape index (κ1) is 18.5. The Morgan fingerprint density at radius 3 is 2.46 bits per heavy atom. The van der Waals surface area contributed by atoms with E-state index in [9.17, 15) is 5.11 Å². The van der Waals surface area contributed by atoms with Gasteiger partial charge in [0.1, 0.15) is 0 Å². The van der Waals surface area contributed by atoms with Crippen molar-refractivity contribution in [3.8, 4) is 0 Å². The molecule has 134 valence electrons. The Balaban J connectivity index is 2.00. The van der Waals surface area contributed by atoms with Crippen LogP contribution >= 0.6 is 11.6 Å². The lowest BCUT2D eigenvalue weighted by molar-refractivity contribution is 0.302. The van der Waals surface area contributed by atoms with Gasteiger partial charge in [-0.1, -0.05) is 54.6 Å². The first-order valence-corrected chi connectivity index (χ1v) is 9.28. The molecule has 3 aromatic rings. The van der Waals surface area contributed by atoms with Gasteiger partial charge in [-0.05, 0) is 59.7 Å². The number of likely N-dealkylation sites (N-methyl/N-ethyl adjacent to an activating group) is 1. The molecule has 0 atom stereocenters. The summed E-state index contributed by atoms with van der Waals surface area (Å²) < 4.78 is 0. The van der Waals surface area contributed by atoms with E-state index in [-0.39, 0.29) is 6.61 Å². The molecule has 1 N–H and O–H groups in total. The van der Waals surface area contributed by atoms with Gasteiger partial charge in [0.25, 0.3) is 0 Å². The zero-order valence-corrected chi connectivity index (χ0v) is 16.1. The minimum absolute atomic E-state index is 0.151. The molecule has 0 aliphatic carbocycles. The van der Waals surface area contributed by atoms with Crippen LogP contribution in [0.25, 0.3) is 16.3 Å². The van der Waals surface area contributed by atoms with Gasteiger partial charge >= 0.3 is 0 Å². The molecule has 0 aromatic heterocycles. The van der Waals surface area contributed by atoms with Gasteiger partial charge in [-0.15, -0.1) is 0 Å². The molecule has 0 saturated heterocycles. The topological polar surface area (TPSA) is 23.5 Å². The Labute approximate surface area is 160 Å². The summed E-state index contributed by atoms with van der Waals surface area (Å²) in [6, 6.07) is 18.6. The fraction of sp³-hybridized carbons (Fsp3) is 0.217. The van der Waals surface area contributed by atoms with Gasteiger partial charge < -0.3 is 10.0 Å². The fourth-order valence-electron chi connectivity index (χ4n) is 3.42. The summed E-state index contributed by atoms with van der Waals surface area (Å²) in [4.78, 5) is 2.15. The number of hydrogen-bond donors (Lipinski definition) is 1. The highest BCUT2D eigenvalue weighted by molar-refractivity contribution is 6.36. The van der Waals surface area contributed by atoms with Gasteiger partial charge in [0.05, 0.1) is 6.61 Å². The molecule has 0 unspecified atom stereocenters. The zero-order valence-electron chi connectivity index (χ0n) is 15.3. The third-order valence-corrected chi connectivity index (χ3v) is 5.18. The minimum Gasteiger partial charge on any atom is -0.395 e. The predicted octanol–water partition coefficient (Wildman–Crippen LogP) is 5.68. The number of fused-ring (bicyclic) bond motifs is 1. The van der Waals surface area contributed by atoms with Crippen LogP contribution in [0.1, 0.15) is 23.6 Å². The van der Waals surface area contributed by atoms with Crippen LogP contribution in [0, 0.1) is 6.92 Å². The van der Waals surface area contributed by atoms with E-state index in [1.54, 1.807) is 0 Å². The highest BCUT2D eigenvalue weighted by Gasteiger charge is 2.11. The molecule has 3 rings (SSSR count). The maximum atomic E-state index is 9.20. The van der Waals surface area contributed by atoms with Gasteiger partial charge in [0, 0.05) is 29.2 Å². The van der Waals surface area contributed by atoms with E-state index in [0.717, 1.165) is 44.7 Å². The van der Waals surface area contributed by atoms with Crippen LogP contribution in [0.2, 0.25) is 5.02 Å². The molecule has 3 heteroatoms. The summed E-state index contributed by atoms with van der Waals surface area (Å²) in [6.07, 6.45) is 0. The Morgan fingerprint density at radius 2 is 1.81 bits per heavy atom. The molecular formula is C23H24ClNO. The first-order valence-electron chi connectivity index (χ1n) is 8.90. The molecule has 26 heavy (non-hydrogen) atoms. The molecule has 0 heterocycles. The van der Waals surface area contributed by atoms with Crippen molar-refractivity contribution in [2.24, 2.45) is 0 Å². The van der Waals surface area contributed by atoms with Crippen LogP contribution in [0.3, 0.4) is 0 Å². The van der Waals surface area contributed by atoms with Crippen LogP contribution in [0.5, 0.6) is 0 Å². The van der Waals surface area contributed by atoms with Gasteiger partial charge in [-0.2, -0.15) is 0 Å². The third-order valence-electron chi connectivity index (χ3n) is 4.85. The molecule has 0 bridgehead atoms. The Kier molecular flexibility index (Phi) is 5.65. The molecule has 0 spiro atoms. The average Bonchev–Trinajstić information content (AvgIpc) is 2.68. The molecule has 0 fully saturated rings. The number of benzene rings is 3. The van der Waals surface area contributed by atoms with Crippen molar-refractivity contribution in [3.63, 3.8) is 0 Å². The first-order chi connectivity index (χ1) is 12.6. The minimum atomic E-state index is 0.151. The summed E-state index contributed by atoms with van der Waals surface area (Å²) >= 11 is 6.40. The number of hydrogen-bond acceptors (Lipinski definition) is 2. The molecule has 0 saturated carbocycles. The quantitative estimate of drug-likeness (QED) is 0.607. The van der Waals surface area contributed by atoms with E-state index in [1.165, 1.54) is 5.56 Å². The standard InChI is InChI=1S/C23H24ClNO/c1-4-25(14-15-26)19-11-9-18(10-12-19)17(3)20-6-5-7-21-22(24)13-8-16(2)23(20)21/h5-13,26H,3-4,14-15H2,1-2H3. The second-order valence-corrected chi connectivity index (χ2v) is 6.83. The van der Waals surface area contributed by atoms with Crippen LogP contribution in [-0.2, 0) is 0 Å². The van der Waals surface area contributed by atoms with Gasteiger partial charge in [0.15, 0.2) is 0 Å². The predicted molar refractivity (Wildman–Crippen MR) is 113 cm³/mol. The number of aliphatic hydroxyl groups excluding tert-OH is 1. The van der Waals surface area contributed by atoms with Gasteiger partial charge in [0.2, 0.25) is 0 Å². The number of rotatable bonds is 6. The highest BCUT2D eigenvalue weighted by atomic mass is 35.5. The Bertz CT molecular complexity index is 931. The smallest absolute Gasteiger partial charge is 0.0606 e. The molecular weight excluding hydrogens is 342 g/mol. The van der Waals surface area contributed by atoms with Crippen LogP contribution in [0.15, 0.2) is 61.2 Å². The maximum absolute atomic E-state index is 9.20. The van der Waals surface area contributed by atoms with Crippen molar-refractivity contribution in [3.05, 3.63) is 82.9 Å². The van der Waals surface area contributed by atoms with E-state index in [2.05, 4.69) is 67.8 Å². The largest absolute Gasteiger partial charge is 0.395 e. The van der Waals surface area contributed by atoms with E-state index >= 15 is 0 Å². The lowest BCUT2D eigenvalue weighted by atomic mass is 9.92. The van der Waals surface area contributed by atoms with E-state index in [4.69, 9.17) is 11.6 Å². The van der Waals surface area contributed by atoms with Crippen molar-refractivity contribution in [1.29, 1.82) is 0 Å². The number of nitrogens with zero attached hydrogens (tertiary/aromatic N) is 1. The highest BCUT2D eigenvalue weighted by Crippen LogP contribution is 2.34. The van der Waals surface area contributed by atoms with Crippen LogP contribution in [-0.4, -0.2) is 24.8 Å². The summed E-state index contributed by atoms with van der Waals surface area (Å²) in [5.74, 6) is 0. The number of aliphatic hydroxyl groups is 1. The van der Waals surface area contributed by atoms with E-state index in [1.807, 2.05) is 12.1 Å². The normalized spacial score (nSPS) is 10.9. The van der Waals surface area contributed by atoms with Crippen molar-refractivity contribution in [2.45, 2.75) is 13.8 Å². The van der Waals surface area contributed by atoms with Crippen molar-refractivity contribution < 1.29 is 5.11 Å². The average molecular weight is 366 g/mol. The lowest BCUT2D eigenvalue weighted by Gasteiger charge is -2.22. The fourth-order valence-corrected chi connectivity index (χ4v) is 3.64. The summed E-state index contributed by atoms with van der Waals surface area (Å²) in [6.45, 7) is 10.2. The van der Waals surface area contributed by atoms with E-state index < -0.39 is 0 Å². The van der Waals surface area contributed by atoms with Crippen molar-refractivity contribution >= 4 is 33.6 Å². The second-order valence-electron chi connectivity index (χ2n) is 6.42. The Morgan fingerprint density at radius 1 is 1.08 bits per heavy atom. The lowest BCUT2D eigenvalue weighted by Crippen LogP contribution is -2.25. The summed E-state index contributed by atoms with van der Waals surface area (Å²) in [5.41, 5.74) is 5.48. The zero-order chi connectivity index (χ0) is 18.7. The SMILES string of the molecule is C=C(c1ccc(N(CC)CCO)cc1)c1cccc2c(Cl)ccc(C)c12. The molecule has 3 aromatic carbocycles. The Hall–Kier alpha value is -2.29. The number of aryl methyl sites for hydroxylation is 1. The van der Waals surface area contributed by atoms with Gasteiger partial charge in [-0.3, -0.25) is 0 Å². The van der Waals surface area contributed by atoms with Crippen molar-refractivity contribution in [2.75, 3.05) is 24.6 Å². The van der Waals surface area contributed by atoms with Crippen LogP contribution in [0.4, 0.5) is 5.69 Å². The van der Waals surface area contributed by atoms with Crippen molar-refractivity contribution in [1.82, 2.24) is 0 Å². The summed E-state index contributed by atoms with van der Waals surface area (Å²) in [5, 5.41) is 12.2. The second kappa shape index (κ2) is 7.94. The summed E-state index contributed by atoms with van der Waals surface area (Å²) in [7, 11) is 0. The molecule has 0 aliphatic heterocycles. The molecule has 2 nitrogen and oxygen atoms in total. The monoisotopic (exact) mass is 365 g/mol. The van der Waals surface area contributed by atoms with E-state index in [0.29, 0.717) is 6.54 Å². The molecule has 0 radical (unpaired) electrons. The number of anilines is 1. The van der Waals surface area contributed by atoms with Crippen LogP contribution < -0.4 is 4.90 Å². The number of halogens is 1.